The molecule has 2 saturated carbocycles. The second kappa shape index (κ2) is 4.88. The van der Waals surface area contributed by atoms with Crippen LogP contribution in [0.1, 0.15) is 32.1 Å². The molecule has 0 spiro atoms. The molecule has 6 nitrogen and oxygen atoms in total. The number of carbonyl (C=O) groups is 4. The molecule has 0 amide bonds. The van der Waals surface area contributed by atoms with Gasteiger partial charge in [0.15, 0.2) is 17.3 Å². The molecular formula is C12H14O6. The van der Waals surface area contributed by atoms with Crippen LogP contribution in [0.4, 0.5) is 4.79 Å². The third-order valence-electron chi connectivity index (χ3n) is 3.56. The predicted molar refractivity (Wildman–Crippen MR) is 58.0 cm³/mol. The Bertz CT molecular complexity index is 391. The smallest absolute Gasteiger partial charge is 0.450 e. The van der Waals surface area contributed by atoms with E-state index in [1.807, 2.05) is 0 Å². The van der Waals surface area contributed by atoms with E-state index in [0.717, 1.165) is 19.3 Å². The third-order valence-corrected chi connectivity index (χ3v) is 3.56. The highest BCUT2D eigenvalue weighted by Gasteiger charge is 2.44. The molecule has 1 N–H and O–H groups in total. The fraction of sp³-hybridized carbons (Fsp3) is 0.667. The van der Waals surface area contributed by atoms with Crippen molar-refractivity contribution in [2.24, 2.45) is 11.8 Å². The van der Waals surface area contributed by atoms with Crippen LogP contribution in [0.2, 0.25) is 0 Å². The average molecular weight is 254 g/mol. The van der Waals surface area contributed by atoms with Gasteiger partial charge in [-0.25, -0.2) is 4.79 Å². The van der Waals surface area contributed by atoms with E-state index in [4.69, 9.17) is 5.11 Å². The zero-order chi connectivity index (χ0) is 13.3. The number of carboxylic acid groups (broad SMARTS) is 1. The molecule has 0 aromatic carbocycles. The zero-order valence-corrected chi connectivity index (χ0v) is 9.76. The van der Waals surface area contributed by atoms with Gasteiger partial charge in [-0.3, -0.25) is 14.4 Å². The molecule has 0 aliphatic heterocycles. The maximum Gasteiger partial charge on any atom is 0.506 e. The van der Waals surface area contributed by atoms with Gasteiger partial charge in [0, 0.05) is 18.8 Å². The molecule has 0 saturated heterocycles. The van der Waals surface area contributed by atoms with Gasteiger partial charge in [-0.1, -0.05) is 6.42 Å². The molecule has 0 radical (unpaired) electrons. The lowest BCUT2D eigenvalue weighted by Crippen LogP contribution is -2.45. The van der Waals surface area contributed by atoms with Crippen molar-refractivity contribution in [1.82, 2.24) is 0 Å². The first-order valence-electron chi connectivity index (χ1n) is 5.97. The maximum absolute atomic E-state index is 11.9. The summed E-state index contributed by atoms with van der Waals surface area (Å²) >= 11 is 0. The summed E-state index contributed by atoms with van der Waals surface area (Å²) < 4.78 is 4.42. The van der Waals surface area contributed by atoms with Crippen LogP contribution in [0, 0.1) is 11.8 Å². The van der Waals surface area contributed by atoms with Crippen LogP contribution in [0.25, 0.3) is 0 Å². The van der Waals surface area contributed by atoms with E-state index in [-0.39, 0.29) is 24.5 Å². The fourth-order valence-corrected chi connectivity index (χ4v) is 2.41. The van der Waals surface area contributed by atoms with Gasteiger partial charge >= 0.3 is 6.16 Å². The van der Waals surface area contributed by atoms with Crippen molar-refractivity contribution in [2.75, 3.05) is 0 Å². The van der Waals surface area contributed by atoms with Gasteiger partial charge < -0.3 is 9.84 Å². The Morgan fingerprint density at radius 2 is 1.67 bits per heavy atom. The Kier molecular flexibility index (Phi) is 3.45. The van der Waals surface area contributed by atoms with Crippen LogP contribution in [0.3, 0.4) is 0 Å². The fourth-order valence-electron chi connectivity index (χ4n) is 2.41. The zero-order valence-electron chi connectivity index (χ0n) is 9.76. The van der Waals surface area contributed by atoms with E-state index >= 15 is 0 Å². The number of hydrogen-bond donors (Lipinski definition) is 1. The van der Waals surface area contributed by atoms with Crippen molar-refractivity contribution in [2.45, 2.75) is 38.2 Å². The first-order chi connectivity index (χ1) is 8.49. The van der Waals surface area contributed by atoms with Gasteiger partial charge in [0.2, 0.25) is 0 Å². The van der Waals surface area contributed by atoms with Crippen LogP contribution in [-0.2, 0) is 19.1 Å². The quantitative estimate of drug-likeness (QED) is 0.595. The van der Waals surface area contributed by atoms with Crippen LogP contribution in [0.5, 0.6) is 0 Å². The molecule has 2 aliphatic carbocycles. The summed E-state index contributed by atoms with van der Waals surface area (Å²) in [6.45, 7) is 0. The van der Waals surface area contributed by atoms with Crippen molar-refractivity contribution in [3.63, 3.8) is 0 Å². The molecule has 2 fully saturated rings. The lowest BCUT2D eigenvalue weighted by molar-refractivity contribution is -0.147. The third kappa shape index (κ3) is 2.42. The normalized spacial score (nSPS) is 28.7. The van der Waals surface area contributed by atoms with Gasteiger partial charge in [-0.2, -0.15) is 0 Å². The van der Waals surface area contributed by atoms with E-state index in [9.17, 15) is 19.2 Å². The molecule has 0 bridgehead atoms. The number of ketones is 3. The number of ether oxygens (including phenoxy) is 1. The Morgan fingerprint density at radius 3 is 2.06 bits per heavy atom. The van der Waals surface area contributed by atoms with Crippen molar-refractivity contribution in [3.8, 4) is 0 Å². The molecule has 0 heterocycles. The first kappa shape index (κ1) is 12.7. The van der Waals surface area contributed by atoms with Crippen molar-refractivity contribution < 1.29 is 29.0 Å². The van der Waals surface area contributed by atoms with Gasteiger partial charge in [-0.05, 0) is 12.8 Å². The number of Topliss-reactive ketones (excluding diaryl/α,β-unsaturated/α-hetero) is 3. The Balaban J connectivity index is 2.02. The standard InChI is InChI=1S/C12H14O6/c13-8-4-7(18-12(16)17)5-9(14)10(8)11(15)6-2-1-3-6/h6-7,10H,1-5H2,(H,16,17). The monoisotopic (exact) mass is 254 g/mol. The summed E-state index contributed by atoms with van der Waals surface area (Å²) in [5.41, 5.74) is 0. The molecule has 0 atom stereocenters. The summed E-state index contributed by atoms with van der Waals surface area (Å²) in [7, 11) is 0. The summed E-state index contributed by atoms with van der Waals surface area (Å²) in [5, 5.41) is 8.44. The summed E-state index contributed by atoms with van der Waals surface area (Å²) in [6, 6.07) is 0. The maximum atomic E-state index is 11.9. The largest absolute Gasteiger partial charge is 0.506 e. The van der Waals surface area contributed by atoms with Crippen LogP contribution >= 0.6 is 0 Å². The minimum Gasteiger partial charge on any atom is -0.450 e. The van der Waals surface area contributed by atoms with Gasteiger partial charge in [0.05, 0.1) is 0 Å². The lowest BCUT2D eigenvalue weighted by atomic mass is 9.72. The highest BCUT2D eigenvalue weighted by Crippen LogP contribution is 2.32. The van der Waals surface area contributed by atoms with Crippen LogP contribution < -0.4 is 0 Å². The van der Waals surface area contributed by atoms with Gasteiger partial charge in [-0.15, -0.1) is 0 Å². The Labute approximate surface area is 103 Å². The van der Waals surface area contributed by atoms with Gasteiger partial charge in [0.1, 0.15) is 12.0 Å². The Morgan fingerprint density at radius 1 is 1.11 bits per heavy atom. The molecule has 18 heavy (non-hydrogen) atoms. The molecule has 2 rings (SSSR count). The molecule has 0 unspecified atom stereocenters. The summed E-state index contributed by atoms with van der Waals surface area (Å²) in [6.07, 6.45) is -0.369. The minimum absolute atomic E-state index is 0.167. The highest BCUT2D eigenvalue weighted by atomic mass is 16.7. The average Bonchev–Trinajstić information content (AvgIpc) is 2.11. The second-order valence-corrected chi connectivity index (χ2v) is 4.81. The van der Waals surface area contributed by atoms with Gasteiger partial charge in [0.25, 0.3) is 0 Å². The van der Waals surface area contributed by atoms with Crippen LogP contribution in [-0.4, -0.2) is 34.7 Å². The topological polar surface area (TPSA) is 97.7 Å². The Hall–Kier alpha value is -1.72. The van der Waals surface area contributed by atoms with E-state index < -0.39 is 29.7 Å². The van der Waals surface area contributed by atoms with Crippen molar-refractivity contribution in [3.05, 3.63) is 0 Å². The molecule has 98 valence electrons. The number of hydrogen-bond acceptors (Lipinski definition) is 5. The van der Waals surface area contributed by atoms with E-state index in [1.165, 1.54) is 0 Å². The first-order valence-corrected chi connectivity index (χ1v) is 5.97. The van der Waals surface area contributed by atoms with Crippen molar-refractivity contribution >= 4 is 23.5 Å². The SMILES string of the molecule is O=C(O)OC1CC(=O)C(C(=O)C2CCC2)C(=O)C1. The van der Waals surface area contributed by atoms with E-state index in [2.05, 4.69) is 4.74 Å². The highest BCUT2D eigenvalue weighted by molar-refractivity contribution is 6.21. The van der Waals surface area contributed by atoms with E-state index in [0.29, 0.717) is 0 Å². The number of rotatable bonds is 3. The van der Waals surface area contributed by atoms with Crippen molar-refractivity contribution in [1.29, 1.82) is 0 Å². The lowest BCUT2D eigenvalue weighted by Gasteiger charge is -2.30. The summed E-state index contributed by atoms with van der Waals surface area (Å²) in [5.74, 6) is -2.64. The minimum atomic E-state index is -1.51. The van der Waals surface area contributed by atoms with Crippen LogP contribution in [0.15, 0.2) is 0 Å². The molecule has 0 aromatic heterocycles. The molecule has 2 aliphatic rings. The molecular weight excluding hydrogens is 240 g/mol. The summed E-state index contributed by atoms with van der Waals surface area (Å²) in [4.78, 5) is 45.8. The molecule has 6 heteroatoms. The van der Waals surface area contributed by atoms with E-state index in [1.54, 1.807) is 0 Å². The second-order valence-electron chi connectivity index (χ2n) is 4.81. The molecule has 0 aromatic rings. The predicted octanol–water partition coefficient (Wildman–Crippen LogP) is 0.967. The number of carbonyl (C=O) groups excluding carboxylic acids is 3.